The van der Waals surface area contributed by atoms with Gasteiger partial charge in [0.15, 0.2) is 0 Å². The van der Waals surface area contributed by atoms with Crippen LogP contribution in [0.2, 0.25) is 0 Å². The third-order valence-electron chi connectivity index (χ3n) is 3.30. The van der Waals surface area contributed by atoms with Crippen molar-refractivity contribution in [1.29, 1.82) is 0 Å². The van der Waals surface area contributed by atoms with Gasteiger partial charge < -0.3 is 9.64 Å². The van der Waals surface area contributed by atoms with E-state index < -0.39 is 0 Å². The quantitative estimate of drug-likeness (QED) is 0.638. The van der Waals surface area contributed by atoms with E-state index in [0.717, 1.165) is 26.2 Å². The minimum absolute atomic E-state index is 0.00866. The minimum atomic E-state index is 0.00866. The van der Waals surface area contributed by atoms with E-state index in [1.807, 2.05) is 46.9 Å². The van der Waals surface area contributed by atoms with E-state index in [4.69, 9.17) is 9.57 Å². The molecule has 0 aromatic heterocycles. The Kier molecular flexibility index (Phi) is 10.7. The highest BCUT2D eigenvalue weighted by atomic mass is 16.7. The Bertz CT molecular complexity index is 256. The van der Waals surface area contributed by atoms with Crippen LogP contribution in [-0.4, -0.2) is 62.9 Å². The third-order valence-corrected chi connectivity index (χ3v) is 3.30. The number of ether oxygens (including phenoxy) is 1. The van der Waals surface area contributed by atoms with Gasteiger partial charge in [-0.3, -0.25) is 9.63 Å². The standard InChI is InChI=1S/C7H11NO2.C4H9NO.2C2H6/c1-8-2-5-4-10-7(9)6(5)3-8;1-5-3-2-4-6-5;2*1-2/h5-6H,2-4H2,1H3;2-4H2,1H3;2*1-2H3. The summed E-state index contributed by atoms with van der Waals surface area (Å²) < 4.78 is 4.90. The zero-order chi connectivity index (χ0) is 15.5. The summed E-state index contributed by atoms with van der Waals surface area (Å²) in [6.45, 7) is 12.6. The lowest BCUT2D eigenvalue weighted by molar-refractivity contribution is -0.141. The number of likely N-dealkylation sites (tertiary alicyclic amines) is 1. The molecule has 0 aromatic carbocycles. The molecule has 5 nitrogen and oxygen atoms in total. The Morgan fingerprint density at radius 3 is 2.15 bits per heavy atom. The molecule has 3 heterocycles. The van der Waals surface area contributed by atoms with Gasteiger partial charge in [-0.1, -0.05) is 27.7 Å². The molecule has 3 aliphatic heterocycles. The summed E-state index contributed by atoms with van der Waals surface area (Å²) in [6, 6.07) is 0. The summed E-state index contributed by atoms with van der Waals surface area (Å²) in [5.74, 6) is 0.678. The van der Waals surface area contributed by atoms with Crippen LogP contribution in [0.4, 0.5) is 0 Å². The normalized spacial score (nSPS) is 28.2. The Morgan fingerprint density at radius 1 is 1.10 bits per heavy atom. The van der Waals surface area contributed by atoms with Gasteiger partial charge in [0.1, 0.15) is 0 Å². The topological polar surface area (TPSA) is 42.0 Å². The van der Waals surface area contributed by atoms with Gasteiger partial charge in [0, 0.05) is 32.6 Å². The number of carbonyl (C=O) groups is 1. The second kappa shape index (κ2) is 11.1. The van der Waals surface area contributed by atoms with E-state index in [-0.39, 0.29) is 11.9 Å². The van der Waals surface area contributed by atoms with Crippen molar-refractivity contribution in [2.24, 2.45) is 11.8 Å². The van der Waals surface area contributed by atoms with Gasteiger partial charge in [0.2, 0.25) is 0 Å². The zero-order valence-electron chi connectivity index (χ0n) is 14.0. The zero-order valence-corrected chi connectivity index (χ0v) is 14.0. The number of cyclic esters (lactones) is 1. The molecule has 3 rings (SSSR count). The summed E-state index contributed by atoms with van der Waals surface area (Å²) in [6.07, 6.45) is 1.19. The highest BCUT2D eigenvalue weighted by molar-refractivity contribution is 5.75. The Labute approximate surface area is 124 Å². The van der Waals surface area contributed by atoms with Crippen molar-refractivity contribution < 1.29 is 14.4 Å². The number of esters is 1. The molecule has 120 valence electrons. The molecule has 0 spiro atoms. The largest absolute Gasteiger partial charge is 0.465 e. The van der Waals surface area contributed by atoms with Crippen molar-refractivity contribution in [3.8, 4) is 0 Å². The molecule has 0 N–H and O–H groups in total. The van der Waals surface area contributed by atoms with Gasteiger partial charge >= 0.3 is 5.97 Å². The van der Waals surface area contributed by atoms with Crippen molar-refractivity contribution in [2.75, 3.05) is 46.9 Å². The van der Waals surface area contributed by atoms with Crippen LogP contribution in [0.5, 0.6) is 0 Å². The van der Waals surface area contributed by atoms with Gasteiger partial charge in [-0.05, 0) is 13.5 Å². The van der Waals surface area contributed by atoms with Crippen molar-refractivity contribution in [3.05, 3.63) is 0 Å². The average molecular weight is 288 g/mol. The molecule has 0 aromatic rings. The van der Waals surface area contributed by atoms with Gasteiger partial charge in [-0.15, -0.1) is 0 Å². The third kappa shape index (κ3) is 6.20. The fourth-order valence-corrected chi connectivity index (χ4v) is 2.39. The molecule has 0 bridgehead atoms. The Morgan fingerprint density at radius 2 is 1.75 bits per heavy atom. The summed E-state index contributed by atoms with van der Waals surface area (Å²) in [5, 5.41) is 1.86. The highest BCUT2D eigenvalue weighted by Gasteiger charge is 2.42. The second-order valence-corrected chi connectivity index (χ2v) is 4.76. The minimum Gasteiger partial charge on any atom is -0.465 e. The van der Waals surface area contributed by atoms with Crippen molar-refractivity contribution >= 4 is 5.97 Å². The first-order valence-corrected chi connectivity index (χ1v) is 7.86. The van der Waals surface area contributed by atoms with Crippen LogP contribution in [0, 0.1) is 11.8 Å². The smallest absolute Gasteiger partial charge is 0.310 e. The summed E-state index contributed by atoms with van der Waals surface area (Å²) >= 11 is 0. The number of hydroxylamine groups is 2. The lowest BCUT2D eigenvalue weighted by atomic mass is 10.0. The van der Waals surface area contributed by atoms with Gasteiger partial charge in [0.05, 0.1) is 19.1 Å². The van der Waals surface area contributed by atoms with E-state index >= 15 is 0 Å². The molecule has 3 aliphatic rings. The van der Waals surface area contributed by atoms with Crippen LogP contribution in [0.15, 0.2) is 0 Å². The number of hydrogen-bond acceptors (Lipinski definition) is 5. The molecule has 0 aliphatic carbocycles. The molecular formula is C15H32N2O3. The maximum atomic E-state index is 11.0. The molecule has 5 heteroatoms. The van der Waals surface area contributed by atoms with Crippen LogP contribution in [0.25, 0.3) is 0 Å². The van der Waals surface area contributed by atoms with Gasteiger partial charge in [-0.25, -0.2) is 0 Å². The van der Waals surface area contributed by atoms with Gasteiger partial charge in [-0.2, -0.15) is 5.06 Å². The molecule has 0 amide bonds. The maximum absolute atomic E-state index is 11.0. The number of rotatable bonds is 0. The Balaban J connectivity index is 0.000000312. The molecular weight excluding hydrogens is 256 g/mol. The van der Waals surface area contributed by atoms with Crippen LogP contribution in [-0.2, 0) is 14.4 Å². The Hall–Kier alpha value is -0.650. The number of carbonyl (C=O) groups excluding carboxylic acids is 1. The lowest BCUT2D eigenvalue weighted by Crippen LogP contribution is -2.18. The number of hydrogen-bond donors (Lipinski definition) is 0. The first-order valence-electron chi connectivity index (χ1n) is 7.86. The molecule has 20 heavy (non-hydrogen) atoms. The summed E-state index contributed by atoms with van der Waals surface area (Å²) in [5.41, 5.74) is 0. The first-order chi connectivity index (χ1) is 9.66. The van der Waals surface area contributed by atoms with Crippen LogP contribution < -0.4 is 0 Å². The average Bonchev–Trinajstić information content (AvgIpc) is 3.16. The fourth-order valence-electron chi connectivity index (χ4n) is 2.39. The van der Waals surface area contributed by atoms with Crippen LogP contribution in [0.1, 0.15) is 34.1 Å². The number of fused-ring (bicyclic) bond motifs is 1. The second-order valence-electron chi connectivity index (χ2n) is 4.76. The molecule has 2 atom stereocenters. The molecule has 3 saturated heterocycles. The van der Waals surface area contributed by atoms with E-state index in [1.54, 1.807) is 0 Å². The molecule has 0 radical (unpaired) electrons. The fraction of sp³-hybridized carbons (Fsp3) is 0.933. The summed E-state index contributed by atoms with van der Waals surface area (Å²) in [7, 11) is 4.00. The van der Waals surface area contributed by atoms with Crippen LogP contribution >= 0.6 is 0 Å². The van der Waals surface area contributed by atoms with Gasteiger partial charge in [0.25, 0.3) is 0 Å². The van der Waals surface area contributed by atoms with E-state index in [1.165, 1.54) is 6.42 Å². The first kappa shape index (κ1) is 19.4. The van der Waals surface area contributed by atoms with Crippen LogP contribution in [0.3, 0.4) is 0 Å². The van der Waals surface area contributed by atoms with Crippen molar-refractivity contribution in [2.45, 2.75) is 34.1 Å². The van der Waals surface area contributed by atoms with E-state index in [2.05, 4.69) is 4.90 Å². The summed E-state index contributed by atoms with van der Waals surface area (Å²) in [4.78, 5) is 18.1. The maximum Gasteiger partial charge on any atom is 0.310 e. The molecule has 3 fully saturated rings. The monoisotopic (exact) mass is 288 g/mol. The molecule has 2 unspecified atom stereocenters. The van der Waals surface area contributed by atoms with Crippen molar-refractivity contribution in [3.63, 3.8) is 0 Å². The highest BCUT2D eigenvalue weighted by Crippen LogP contribution is 2.28. The van der Waals surface area contributed by atoms with E-state index in [9.17, 15) is 4.79 Å². The van der Waals surface area contributed by atoms with Crippen molar-refractivity contribution in [1.82, 2.24) is 9.96 Å². The SMILES string of the molecule is CC.CC.CN1CC2COC(=O)C2C1.CN1CCCO1. The lowest BCUT2D eigenvalue weighted by Gasteiger charge is -2.07. The molecule has 0 saturated carbocycles. The predicted octanol–water partition coefficient (Wildman–Crippen LogP) is 2.03. The number of nitrogens with zero attached hydrogens (tertiary/aromatic N) is 2. The predicted molar refractivity (Wildman–Crippen MR) is 81.3 cm³/mol. The van der Waals surface area contributed by atoms with E-state index in [0.29, 0.717) is 12.5 Å².